The second-order valence-electron chi connectivity index (χ2n) is 8.34. The van der Waals surface area contributed by atoms with E-state index in [2.05, 4.69) is 38.5 Å². The summed E-state index contributed by atoms with van der Waals surface area (Å²) in [6.07, 6.45) is 5.41. The summed E-state index contributed by atoms with van der Waals surface area (Å²) in [7, 11) is 0. The highest BCUT2D eigenvalue weighted by molar-refractivity contribution is 5.75. The van der Waals surface area contributed by atoms with E-state index in [-0.39, 0.29) is 0 Å². The fraction of sp³-hybridized carbons (Fsp3) is 0. The van der Waals surface area contributed by atoms with E-state index >= 15 is 0 Å². The molecule has 0 saturated heterocycles. The first-order valence-corrected chi connectivity index (χ1v) is 11.7. The van der Waals surface area contributed by atoms with E-state index in [1.54, 1.807) is 29.2 Å². The van der Waals surface area contributed by atoms with Crippen molar-refractivity contribution in [1.82, 2.24) is 29.9 Å². The molecule has 0 amide bonds. The van der Waals surface area contributed by atoms with Crippen molar-refractivity contribution in [2.24, 2.45) is 0 Å². The van der Waals surface area contributed by atoms with E-state index < -0.39 is 0 Å². The molecule has 0 saturated carbocycles. The van der Waals surface area contributed by atoms with Gasteiger partial charge in [0.05, 0.1) is 46.3 Å². The molecule has 0 N–H and O–H groups in total. The highest BCUT2D eigenvalue weighted by Crippen LogP contribution is 2.29. The summed E-state index contributed by atoms with van der Waals surface area (Å²) in [5.41, 5.74) is 8.36. The standard InChI is InChI=1S/C30H19N7/c31-19-21-7-9-23(10-8-21)30-20-37(36-35-30)25-13-11-22(12-14-25)24-17-28(26-5-1-3-15-32-26)34-29(18-24)27-6-2-4-16-33-27/h1-18,20H. The molecule has 7 heteroatoms. The van der Waals surface area contributed by atoms with Gasteiger partial charge in [-0.2, -0.15) is 5.26 Å². The van der Waals surface area contributed by atoms with Crippen molar-refractivity contribution in [3.05, 3.63) is 121 Å². The summed E-state index contributed by atoms with van der Waals surface area (Å²) in [6, 6.07) is 33.2. The SMILES string of the molecule is N#Cc1ccc(-c2cn(-c3ccc(-c4cc(-c5ccccn5)nc(-c5ccccn5)c4)cc3)nn2)cc1. The van der Waals surface area contributed by atoms with Crippen LogP contribution in [0.2, 0.25) is 0 Å². The smallest absolute Gasteiger partial charge is 0.113 e. The number of benzene rings is 2. The van der Waals surface area contributed by atoms with Gasteiger partial charge in [-0.1, -0.05) is 41.6 Å². The number of rotatable bonds is 5. The van der Waals surface area contributed by atoms with Crippen LogP contribution in [0.3, 0.4) is 0 Å². The van der Waals surface area contributed by atoms with Crippen LogP contribution in [0.15, 0.2) is 116 Å². The topological polar surface area (TPSA) is 93.2 Å². The van der Waals surface area contributed by atoms with Gasteiger partial charge in [-0.3, -0.25) is 9.97 Å². The highest BCUT2D eigenvalue weighted by atomic mass is 15.4. The molecule has 6 aromatic rings. The number of aromatic nitrogens is 6. The van der Waals surface area contributed by atoms with Crippen molar-refractivity contribution in [2.75, 3.05) is 0 Å². The average Bonchev–Trinajstić information content (AvgIpc) is 3.48. The molecule has 0 spiro atoms. The Kier molecular flexibility index (Phi) is 5.74. The lowest BCUT2D eigenvalue weighted by Gasteiger charge is -2.10. The zero-order valence-electron chi connectivity index (χ0n) is 19.6. The van der Waals surface area contributed by atoms with Gasteiger partial charge in [-0.05, 0) is 71.8 Å². The molecule has 0 radical (unpaired) electrons. The van der Waals surface area contributed by atoms with Crippen LogP contribution in [-0.4, -0.2) is 29.9 Å². The Hall–Kier alpha value is -5.48. The van der Waals surface area contributed by atoms with Crippen molar-refractivity contribution in [1.29, 1.82) is 5.26 Å². The van der Waals surface area contributed by atoms with E-state index in [9.17, 15) is 0 Å². The second-order valence-corrected chi connectivity index (χ2v) is 8.34. The molecule has 0 atom stereocenters. The monoisotopic (exact) mass is 477 g/mol. The van der Waals surface area contributed by atoms with Gasteiger partial charge in [0.2, 0.25) is 0 Å². The summed E-state index contributed by atoms with van der Waals surface area (Å²) in [4.78, 5) is 13.8. The summed E-state index contributed by atoms with van der Waals surface area (Å²) < 4.78 is 1.74. The molecular weight excluding hydrogens is 458 g/mol. The third kappa shape index (κ3) is 4.59. The molecular formula is C30H19N7. The molecule has 6 rings (SSSR count). The first-order chi connectivity index (χ1) is 18.3. The normalized spacial score (nSPS) is 10.7. The lowest BCUT2D eigenvalue weighted by molar-refractivity contribution is 0.804. The van der Waals surface area contributed by atoms with Crippen LogP contribution in [0.5, 0.6) is 0 Å². The fourth-order valence-electron chi connectivity index (χ4n) is 4.03. The Morgan fingerprint density at radius 2 is 1.22 bits per heavy atom. The fourth-order valence-corrected chi connectivity index (χ4v) is 4.03. The molecule has 0 aliphatic carbocycles. The molecule has 0 fully saturated rings. The van der Waals surface area contributed by atoms with Gasteiger partial charge < -0.3 is 0 Å². The maximum atomic E-state index is 9.01. The van der Waals surface area contributed by atoms with Crippen molar-refractivity contribution >= 4 is 0 Å². The largest absolute Gasteiger partial charge is 0.255 e. The van der Waals surface area contributed by atoms with Crippen molar-refractivity contribution < 1.29 is 0 Å². The molecule has 0 unspecified atom stereocenters. The number of pyridine rings is 3. The lowest BCUT2D eigenvalue weighted by Crippen LogP contribution is -1.96. The second kappa shape index (κ2) is 9.64. The van der Waals surface area contributed by atoms with E-state index in [1.807, 2.05) is 79.0 Å². The van der Waals surface area contributed by atoms with Crippen LogP contribution in [-0.2, 0) is 0 Å². The van der Waals surface area contributed by atoms with Crippen LogP contribution in [0.25, 0.3) is 50.8 Å². The number of hydrogen-bond donors (Lipinski definition) is 0. The molecule has 4 aromatic heterocycles. The Labute approximate surface area is 213 Å². The predicted molar refractivity (Wildman–Crippen MR) is 141 cm³/mol. The molecule has 174 valence electrons. The van der Waals surface area contributed by atoms with Crippen molar-refractivity contribution in [3.8, 4) is 56.9 Å². The van der Waals surface area contributed by atoms with Gasteiger partial charge in [-0.25, -0.2) is 9.67 Å². The molecule has 2 aromatic carbocycles. The maximum absolute atomic E-state index is 9.01. The minimum atomic E-state index is 0.611. The van der Waals surface area contributed by atoms with Gasteiger partial charge in [-0.15, -0.1) is 5.10 Å². The van der Waals surface area contributed by atoms with Crippen LogP contribution in [0.4, 0.5) is 0 Å². The molecule has 4 heterocycles. The molecule has 0 bridgehead atoms. The van der Waals surface area contributed by atoms with Gasteiger partial charge in [0, 0.05) is 18.0 Å². The zero-order valence-corrected chi connectivity index (χ0v) is 19.6. The summed E-state index contributed by atoms with van der Waals surface area (Å²) in [5.74, 6) is 0. The Balaban J connectivity index is 1.34. The van der Waals surface area contributed by atoms with Crippen LogP contribution in [0.1, 0.15) is 5.56 Å². The number of nitrogens with zero attached hydrogens (tertiary/aromatic N) is 7. The highest BCUT2D eigenvalue weighted by Gasteiger charge is 2.11. The third-order valence-electron chi connectivity index (χ3n) is 5.95. The predicted octanol–water partition coefficient (Wildman–Crippen LogP) is 5.99. The Morgan fingerprint density at radius 3 is 1.78 bits per heavy atom. The molecule has 0 aliphatic rings. The first kappa shape index (κ1) is 22.0. The van der Waals surface area contributed by atoms with Crippen LogP contribution in [0, 0.1) is 11.3 Å². The van der Waals surface area contributed by atoms with E-state index in [1.165, 1.54) is 0 Å². The van der Waals surface area contributed by atoms with Gasteiger partial charge in [0.15, 0.2) is 0 Å². The number of hydrogen-bond acceptors (Lipinski definition) is 6. The van der Waals surface area contributed by atoms with Crippen LogP contribution < -0.4 is 0 Å². The minimum absolute atomic E-state index is 0.611. The molecule has 37 heavy (non-hydrogen) atoms. The average molecular weight is 478 g/mol. The van der Waals surface area contributed by atoms with E-state index in [0.29, 0.717) is 5.56 Å². The Morgan fingerprint density at radius 1 is 0.595 bits per heavy atom. The van der Waals surface area contributed by atoms with Crippen molar-refractivity contribution in [2.45, 2.75) is 0 Å². The molecule has 0 aliphatic heterocycles. The summed E-state index contributed by atoms with van der Waals surface area (Å²) >= 11 is 0. The zero-order chi connectivity index (χ0) is 25.0. The van der Waals surface area contributed by atoms with Gasteiger partial charge >= 0.3 is 0 Å². The number of nitriles is 1. The quantitative estimate of drug-likeness (QED) is 0.303. The maximum Gasteiger partial charge on any atom is 0.113 e. The van der Waals surface area contributed by atoms with Gasteiger partial charge in [0.1, 0.15) is 5.69 Å². The van der Waals surface area contributed by atoms with Crippen LogP contribution >= 0.6 is 0 Å². The summed E-state index contributed by atoms with van der Waals surface area (Å²) in [5, 5.41) is 17.6. The van der Waals surface area contributed by atoms with E-state index in [0.717, 1.165) is 50.8 Å². The van der Waals surface area contributed by atoms with Gasteiger partial charge in [0.25, 0.3) is 0 Å². The third-order valence-corrected chi connectivity index (χ3v) is 5.95. The molecule has 7 nitrogen and oxygen atoms in total. The van der Waals surface area contributed by atoms with E-state index in [4.69, 9.17) is 10.2 Å². The Bertz CT molecular complexity index is 1640. The summed E-state index contributed by atoms with van der Waals surface area (Å²) in [6.45, 7) is 0. The lowest BCUT2D eigenvalue weighted by atomic mass is 10.0. The minimum Gasteiger partial charge on any atom is -0.255 e. The first-order valence-electron chi connectivity index (χ1n) is 11.7. The van der Waals surface area contributed by atoms with Crippen molar-refractivity contribution in [3.63, 3.8) is 0 Å².